The van der Waals surface area contributed by atoms with E-state index in [0.29, 0.717) is 6.04 Å². The second-order valence-corrected chi connectivity index (χ2v) is 4.86. The first-order chi connectivity index (χ1) is 8.24. The topological polar surface area (TPSA) is 39.1 Å². The molecule has 1 unspecified atom stereocenters. The molecule has 1 saturated carbocycles. The number of aryl methyl sites for hydroxylation is 1. The Kier molecular flexibility index (Phi) is 3.84. The summed E-state index contributed by atoms with van der Waals surface area (Å²) >= 11 is 0. The van der Waals surface area contributed by atoms with Crippen molar-refractivity contribution in [2.75, 3.05) is 14.2 Å². The van der Waals surface area contributed by atoms with Gasteiger partial charge < -0.3 is 10.1 Å². The van der Waals surface area contributed by atoms with Crippen LogP contribution >= 0.6 is 0 Å². The predicted molar refractivity (Wildman–Crippen MR) is 67.9 cm³/mol. The van der Waals surface area contributed by atoms with Crippen LogP contribution in [-0.2, 0) is 11.3 Å². The highest BCUT2D eigenvalue weighted by atomic mass is 16.5. The molecule has 1 aromatic heterocycles. The van der Waals surface area contributed by atoms with Crippen molar-refractivity contribution in [2.45, 2.75) is 50.8 Å². The van der Waals surface area contributed by atoms with Gasteiger partial charge >= 0.3 is 0 Å². The lowest BCUT2D eigenvalue weighted by molar-refractivity contribution is -0.0838. The van der Waals surface area contributed by atoms with E-state index >= 15 is 0 Å². The number of hydrogen-bond donors (Lipinski definition) is 1. The van der Waals surface area contributed by atoms with Gasteiger partial charge in [0.2, 0.25) is 0 Å². The second-order valence-electron chi connectivity index (χ2n) is 4.86. The first kappa shape index (κ1) is 12.6. The first-order valence-electron chi connectivity index (χ1n) is 6.49. The van der Waals surface area contributed by atoms with E-state index in [4.69, 9.17) is 4.74 Å². The van der Waals surface area contributed by atoms with Crippen molar-refractivity contribution >= 4 is 0 Å². The van der Waals surface area contributed by atoms with Crippen molar-refractivity contribution in [3.63, 3.8) is 0 Å². The minimum absolute atomic E-state index is 0.0938. The summed E-state index contributed by atoms with van der Waals surface area (Å²) in [7, 11) is 3.85. The number of nitrogens with one attached hydrogen (secondary N) is 1. The molecule has 0 aliphatic heterocycles. The summed E-state index contributed by atoms with van der Waals surface area (Å²) in [6.45, 7) is 3.04. The second kappa shape index (κ2) is 5.19. The fourth-order valence-corrected chi connectivity index (χ4v) is 2.69. The standard InChI is InChI=1S/C13H23N3O/c1-4-16-12(6-9-15-16)11(14-2)10-13(17-3)7-5-8-13/h6,9,11,14H,4-5,7-8,10H2,1-3H3. The molecule has 0 bridgehead atoms. The SMILES string of the molecule is CCn1nccc1C(CC1(OC)CCC1)NC. The molecule has 0 spiro atoms. The minimum atomic E-state index is 0.0938. The fraction of sp³-hybridized carbons (Fsp3) is 0.769. The Morgan fingerprint density at radius 3 is 2.82 bits per heavy atom. The summed E-state index contributed by atoms with van der Waals surface area (Å²) < 4.78 is 7.77. The summed E-state index contributed by atoms with van der Waals surface area (Å²) in [6, 6.07) is 2.44. The largest absolute Gasteiger partial charge is 0.378 e. The van der Waals surface area contributed by atoms with Crippen molar-refractivity contribution in [3.05, 3.63) is 18.0 Å². The van der Waals surface area contributed by atoms with Gasteiger partial charge in [-0.25, -0.2) is 0 Å². The lowest BCUT2D eigenvalue weighted by atomic mass is 9.75. The van der Waals surface area contributed by atoms with Gasteiger partial charge in [0.1, 0.15) is 0 Å². The minimum Gasteiger partial charge on any atom is -0.378 e. The van der Waals surface area contributed by atoms with E-state index in [9.17, 15) is 0 Å². The number of aromatic nitrogens is 2. The Labute approximate surface area is 103 Å². The smallest absolute Gasteiger partial charge is 0.0697 e. The Balaban J connectivity index is 2.11. The molecule has 0 aromatic carbocycles. The van der Waals surface area contributed by atoms with E-state index in [0.717, 1.165) is 13.0 Å². The molecule has 1 atom stereocenters. The van der Waals surface area contributed by atoms with Crippen LogP contribution in [0.2, 0.25) is 0 Å². The molecule has 1 aliphatic carbocycles. The maximum atomic E-state index is 5.71. The highest BCUT2D eigenvalue weighted by molar-refractivity contribution is 5.09. The zero-order chi connectivity index (χ0) is 12.3. The van der Waals surface area contributed by atoms with Gasteiger partial charge in [0.15, 0.2) is 0 Å². The van der Waals surface area contributed by atoms with Crippen molar-refractivity contribution in [1.82, 2.24) is 15.1 Å². The molecule has 2 rings (SSSR count). The Morgan fingerprint density at radius 2 is 2.35 bits per heavy atom. The van der Waals surface area contributed by atoms with Crippen LogP contribution in [0.4, 0.5) is 0 Å². The molecule has 1 fully saturated rings. The molecule has 0 radical (unpaired) electrons. The molecule has 1 aliphatic rings. The Morgan fingerprint density at radius 1 is 1.59 bits per heavy atom. The quantitative estimate of drug-likeness (QED) is 0.823. The third-order valence-corrected chi connectivity index (χ3v) is 4.03. The van der Waals surface area contributed by atoms with E-state index in [1.165, 1.54) is 25.0 Å². The highest BCUT2D eigenvalue weighted by Crippen LogP contribution is 2.41. The molecular weight excluding hydrogens is 214 g/mol. The summed E-state index contributed by atoms with van der Waals surface area (Å²) in [5, 5.41) is 7.74. The maximum Gasteiger partial charge on any atom is 0.0697 e. The van der Waals surface area contributed by atoms with Crippen LogP contribution in [0.15, 0.2) is 12.3 Å². The predicted octanol–water partition coefficient (Wildman–Crippen LogP) is 2.12. The molecule has 0 saturated heterocycles. The maximum absolute atomic E-state index is 5.71. The van der Waals surface area contributed by atoms with E-state index in [1.807, 2.05) is 20.4 Å². The molecule has 17 heavy (non-hydrogen) atoms. The number of nitrogens with zero attached hydrogens (tertiary/aromatic N) is 2. The van der Waals surface area contributed by atoms with Crippen molar-refractivity contribution in [3.8, 4) is 0 Å². The van der Waals surface area contributed by atoms with Crippen molar-refractivity contribution < 1.29 is 4.74 Å². The molecule has 96 valence electrons. The number of rotatable bonds is 6. The number of methoxy groups -OCH3 is 1. The molecule has 1 aromatic rings. The van der Waals surface area contributed by atoms with Gasteiger partial charge in [0.25, 0.3) is 0 Å². The van der Waals surface area contributed by atoms with Crippen molar-refractivity contribution in [2.24, 2.45) is 0 Å². The Hall–Kier alpha value is -0.870. The monoisotopic (exact) mass is 237 g/mol. The van der Waals surface area contributed by atoms with Crippen LogP contribution < -0.4 is 5.32 Å². The summed E-state index contributed by atoms with van der Waals surface area (Å²) in [6.07, 6.45) is 6.57. The molecule has 1 heterocycles. The van der Waals surface area contributed by atoms with E-state index in [1.54, 1.807) is 0 Å². The van der Waals surface area contributed by atoms with Crippen LogP contribution in [0.1, 0.15) is 44.3 Å². The average molecular weight is 237 g/mol. The van der Waals surface area contributed by atoms with Gasteiger partial charge in [0.05, 0.1) is 17.3 Å². The van der Waals surface area contributed by atoms with Crippen LogP contribution in [0.3, 0.4) is 0 Å². The number of hydrogen-bond acceptors (Lipinski definition) is 3. The summed E-state index contributed by atoms with van der Waals surface area (Å²) in [5.41, 5.74) is 1.36. The highest BCUT2D eigenvalue weighted by Gasteiger charge is 2.39. The van der Waals surface area contributed by atoms with Crippen LogP contribution in [0, 0.1) is 0 Å². The average Bonchev–Trinajstić information content (AvgIpc) is 2.77. The Bertz CT molecular complexity index is 352. The molecule has 4 nitrogen and oxygen atoms in total. The first-order valence-corrected chi connectivity index (χ1v) is 6.49. The number of ether oxygens (including phenoxy) is 1. The van der Waals surface area contributed by atoms with E-state index < -0.39 is 0 Å². The summed E-state index contributed by atoms with van der Waals surface area (Å²) in [5.74, 6) is 0. The molecule has 1 N–H and O–H groups in total. The van der Waals surface area contributed by atoms with Gasteiger partial charge in [-0.15, -0.1) is 0 Å². The van der Waals surface area contributed by atoms with Gasteiger partial charge in [-0.1, -0.05) is 0 Å². The zero-order valence-electron chi connectivity index (χ0n) is 11.1. The summed E-state index contributed by atoms with van der Waals surface area (Å²) in [4.78, 5) is 0. The normalized spacial score (nSPS) is 19.9. The van der Waals surface area contributed by atoms with Gasteiger partial charge in [-0.2, -0.15) is 5.10 Å². The fourth-order valence-electron chi connectivity index (χ4n) is 2.69. The molecular formula is C13H23N3O. The van der Waals surface area contributed by atoms with E-state index in [-0.39, 0.29) is 5.60 Å². The van der Waals surface area contributed by atoms with Gasteiger partial charge in [-0.05, 0) is 45.7 Å². The third-order valence-electron chi connectivity index (χ3n) is 4.03. The van der Waals surface area contributed by atoms with Crippen LogP contribution in [-0.4, -0.2) is 29.5 Å². The van der Waals surface area contributed by atoms with Gasteiger partial charge in [0, 0.05) is 19.9 Å². The molecule has 4 heteroatoms. The van der Waals surface area contributed by atoms with Crippen molar-refractivity contribution in [1.29, 1.82) is 0 Å². The zero-order valence-corrected chi connectivity index (χ0v) is 11.1. The van der Waals surface area contributed by atoms with Crippen LogP contribution in [0.25, 0.3) is 0 Å². The van der Waals surface area contributed by atoms with Gasteiger partial charge in [-0.3, -0.25) is 4.68 Å². The lowest BCUT2D eigenvalue weighted by Gasteiger charge is -2.42. The third kappa shape index (κ3) is 2.38. The van der Waals surface area contributed by atoms with E-state index in [2.05, 4.69) is 28.1 Å². The van der Waals surface area contributed by atoms with Crippen LogP contribution in [0.5, 0.6) is 0 Å². The molecule has 0 amide bonds. The lowest BCUT2D eigenvalue weighted by Crippen LogP contribution is -2.42.